The van der Waals surface area contributed by atoms with Gasteiger partial charge in [-0.15, -0.1) is 0 Å². The summed E-state index contributed by atoms with van der Waals surface area (Å²) in [5.74, 6) is -1.04. The van der Waals surface area contributed by atoms with Crippen molar-refractivity contribution in [3.63, 3.8) is 0 Å². The van der Waals surface area contributed by atoms with E-state index in [2.05, 4.69) is 5.32 Å². The minimum atomic E-state index is -1.03. The lowest BCUT2D eigenvalue weighted by Gasteiger charge is -2.14. The van der Waals surface area contributed by atoms with Crippen LogP contribution in [-0.2, 0) is 4.79 Å². The van der Waals surface area contributed by atoms with Crippen molar-refractivity contribution in [2.24, 2.45) is 0 Å². The van der Waals surface area contributed by atoms with E-state index in [1.165, 1.54) is 7.11 Å². The summed E-state index contributed by atoms with van der Waals surface area (Å²) in [7, 11) is 1.47. The van der Waals surface area contributed by atoms with Gasteiger partial charge >= 0.3 is 5.97 Å². The van der Waals surface area contributed by atoms with E-state index in [0.29, 0.717) is 24.2 Å². The summed E-state index contributed by atoms with van der Waals surface area (Å²) < 4.78 is 5.06. The Hall–Kier alpha value is -2.04. The summed E-state index contributed by atoms with van der Waals surface area (Å²) in [4.78, 5) is 22.9. The number of aliphatic carboxylic acids is 1. The molecule has 0 aliphatic heterocycles. The van der Waals surface area contributed by atoms with Gasteiger partial charge in [0.1, 0.15) is 11.8 Å². The lowest BCUT2D eigenvalue weighted by molar-refractivity contribution is -0.139. The van der Waals surface area contributed by atoms with Crippen molar-refractivity contribution in [2.45, 2.75) is 25.8 Å². The molecule has 1 aromatic rings. The van der Waals surface area contributed by atoms with Crippen LogP contribution < -0.4 is 10.1 Å². The van der Waals surface area contributed by atoms with Crippen LogP contribution >= 0.6 is 0 Å². The first-order valence-corrected chi connectivity index (χ1v) is 5.76. The van der Waals surface area contributed by atoms with E-state index in [1.54, 1.807) is 24.3 Å². The van der Waals surface area contributed by atoms with Gasteiger partial charge in [0.05, 0.1) is 12.7 Å². The molecule has 0 heterocycles. The van der Waals surface area contributed by atoms with Gasteiger partial charge < -0.3 is 15.2 Å². The van der Waals surface area contributed by atoms with Gasteiger partial charge in [-0.1, -0.05) is 25.5 Å². The maximum atomic E-state index is 12.0. The number of amides is 1. The summed E-state index contributed by atoms with van der Waals surface area (Å²) in [5, 5.41) is 11.5. The number of nitrogens with one attached hydrogen (secondary N) is 1. The fourth-order valence-corrected chi connectivity index (χ4v) is 1.61. The van der Waals surface area contributed by atoms with Crippen LogP contribution in [0, 0.1) is 0 Å². The second kappa shape index (κ2) is 6.64. The minimum Gasteiger partial charge on any atom is -0.496 e. The molecule has 1 atom stereocenters. The summed E-state index contributed by atoms with van der Waals surface area (Å²) in [6.07, 6.45) is 1.08. The van der Waals surface area contributed by atoms with Crippen LogP contribution in [0.15, 0.2) is 24.3 Å². The summed E-state index contributed by atoms with van der Waals surface area (Å²) in [6, 6.07) is 5.83. The van der Waals surface area contributed by atoms with Crippen LogP contribution in [0.25, 0.3) is 0 Å². The van der Waals surface area contributed by atoms with Gasteiger partial charge in [0, 0.05) is 0 Å². The Kier molecular flexibility index (Phi) is 5.17. The highest BCUT2D eigenvalue weighted by Crippen LogP contribution is 2.17. The Bertz CT molecular complexity index is 431. The molecule has 1 aromatic carbocycles. The van der Waals surface area contributed by atoms with Gasteiger partial charge in [0.2, 0.25) is 0 Å². The molecule has 0 radical (unpaired) electrons. The third-order valence-electron chi connectivity index (χ3n) is 2.53. The standard InChI is InChI=1S/C13H17NO4/c1-3-6-10(13(16)17)14-12(15)9-7-4-5-8-11(9)18-2/h4-5,7-8,10H,3,6H2,1-2H3,(H,14,15)(H,16,17)/t10-/m1/s1. The van der Waals surface area contributed by atoms with Crippen molar-refractivity contribution in [1.82, 2.24) is 5.32 Å². The quantitative estimate of drug-likeness (QED) is 0.806. The third-order valence-corrected chi connectivity index (χ3v) is 2.53. The number of rotatable bonds is 6. The highest BCUT2D eigenvalue weighted by molar-refractivity contribution is 5.98. The Balaban J connectivity index is 2.83. The van der Waals surface area contributed by atoms with E-state index in [0.717, 1.165) is 0 Å². The first kappa shape index (κ1) is 14.0. The van der Waals surface area contributed by atoms with Crippen molar-refractivity contribution in [2.75, 3.05) is 7.11 Å². The molecule has 0 saturated carbocycles. The molecule has 1 rings (SSSR count). The van der Waals surface area contributed by atoms with Gasteiger partial charge in [0.25, 0.3) is 5.91 Å². The molecule has 18 heavy (non-hydrogen) atoms. The van der Waals surface area contributed by atoms with E-state index >= 15 is 0 Å². The van der Waals surface area contributed by atoms with E-state index < -0.39 is 17.9 Å². The lowest BCUT2D eigenvalue weighted by atomic mass is 10.1. The van der Waals surface area contributed by atoms with E-state index in [4.69, 9.17) is 9.84 Å². The predicted molar refractivity (Wildman–Crippen MR) is 66.8 cm³/mol. The first-order chi connectivity index (χ1) is 8.60. The molecule has 0 unspecified atom stereocenters. The number of carbonyl (C=O) groups is 2. The van der Waals surface area contributed by atoms with E-state index in [9.17, 15) is 9.59 Å². The fraction of sp³-hybridized carbons (Fsp3) is 0.385. The molecular weight excluding hydrogens is 234 g/mol. The Morgan fingerprint density at radius 2 is 2.06 bits per heavy atom. The van der Waals surface area contributed by atoms with Gasteiger partial charge in [0.15, 0.2) is 0 Å². The molecule has 2 N–H and O–H groups in total. The molecule has 0 aromatic heterocycles. The van der Waals surface area contributed by atoms with E-state index in [1.807, 2.05) is 6.92 Å². The smallest absolute Gasteiger partial charge is 0.326 e. The maximum absolute atomic E-state index is 12.0. The zero-order valence-corrected chi connectivity index (χ0v) is 10.5. The van der Waals surface area contributed by atoms with Crippen molar-refractivity contribution in [1.29, 1.82) is 0 Å². The van der Waals surface area contributed by atoms with Gasteiger partial charge in [-0.05, 0) is 18.6 Å². The van der Waals surface area contributed by atoms with Crippen LogP contribution in [0.3, 0.4) is 0 Å². The molecule has 0 saturated heterocycles. The predicted octanol–water partition coefficient (Wildman–Crippen LogP) is 1.68. The lowest BCUT2D eigenvalue weighted by Crippen LogP contribution is -2.40. The third kappa shape index (κ3) is 3.48. The number of para-hydroxylation sites is 1. The molecule has 0 spiro atoms. The summed E-state index contributed by atoms with van der Waals surface area (Å²) >= 11 is 0. The Labute approximate surface area is 106 Å². The second-order valence-corrected chi connectivity index (χ2v) is 3.85. The minimum absolute atomic E-state index is 0.336. The molecular formula is C13H17NO4. The normalized spacial score (nSPS) is 11.7. The Morgan fingerprint density at radius 1 is 1.39 bits per heavy atom. The number of hydrogen-bond acceptors (Lipinski definition) is 3. The van der Waals surface area contributed by atoms with Gasteiger partial charge in [-0.2, -0.15) is 0 Å². The number of carboxylic acid groups (broad SMARTS) is 1. The molecule has 5 nitrogen and oxygen atoms in total. The average Bonchev–Trinajstić information content (AvgIpc) is 2.37. The monoisotopic (exact) mass is 251 g/mol. The molecule has 5 heteroatoms. The van der Waals surface area contributed by atoms with Crippen LogP contribution in [0.2, 0.25) is 0 Å². The number of carboxylic acids is 1. The van der Waals surface area contributed by atoms with Crippen LogP contribution in [0.1, 0.15) is 30.1 Å². The van der Waals surface area contributed by atoms with Crippen LogP contribution in [0.4, 0.5) is 0 Å². The van der Waals surface area contributed by atoms with Crippen LogP contribution in [0.5, 0.6) is 5.75 Å². The Morgan fingerprint density at radius 3 is 2.61 bits per heavy atom. The number of benzene rings is 1. The average molecular weight is 251 g/mol. The molecule has 0 aliphatic carbocycles. The largest absolute Gasteiger partial charge is 0.496 e. The molecule has 0 fully saturated rings. The number of hydrogen-bond donors (Lipinski definition) is 2. The summed E-state index contributed by atoms with van der Waals surface area (Å²) in [6.45, 7) is 1.87. The van der Waals surface area contributed by atoms with Crippen molar-refractivity contribution < 1.29 is 19.4 Å². The maximum Gasteiger partial charge on any atom is 0.326 e. The molecule has 0 bridgehead atoms. The van der Waals surface area contributed by atoms with Gasteiger partial charge in [-0.3, -0.25) is 4.79 Å². The first-order valence-electron chi connectivity index (χ1n) is 5.76. The highest BCUT2D eigenvalue weighted by Gasteiger charge is 2.21. The van der Waals surface area contributed by atoms with Crippen molar-refractivity contribution >= 4 is 11.9 Å². The molecule has 0 aliphatic rings. The van der Waals surface area contributed by atoms with Gasteiger partial charge in [-0.25, -0.2) is 4.79 Å². The fourth-order valence-electron chi connectivity index (χ4n) is 1.61. The highest BCUT2D eigenvalue weighted by atomic mass is 16.5. The van der Waals surface area contributed by atoms with Crippen molar-refractivity contribution in [3.8, 4) is 5.75 Å². The topological polar surface area (TPSA) is 75.6 Å². The van der Waals surface area contributed by atoms with Crippen molar-refractivity contribution in [3.05, 3.63) is 29.8 Å². The second-order valence-electron chi connectivity index (χ2n) is 3.85. The molecule has 98 valence electrons. The number of methoxy groups -OCH3 is 1. The van der Waals surface area contributed by atoms with Crippen LogP contribution in [-0.4, -0.2) is 30.1 Å². The zero-order chi connectivity index (χ0) is 13.5. The number of carbonyl (C=O) groups excluding carboxylic acids is 1. The zero-order valence-electron chi connectivity index (χ0n) is 10.5. The summed E-state index contributed by atoms with van der Waals surface area (Å²) in [5.41, 5.74) is 0.336. The SMILES string of the molecule is CCC[C@@H](NC(=O)c1ccccc1OC)C(=O)O. The number of ether oxygens (including phenoxy) is 1. The molecule has 1 amide bonds. The van der Waals surface area contributed by atoms with E-state index in [-0.39, 0.29) is 0 Å².